The zero-order chi connectivity index (χ0) is 13.9. The Kier molecular flexibility index (Phi) is 4.73. The molecule has 2 fully saturated rings. The molecule has 108 valence electrons. The number of hydrogen-bond donors (Lipinski definition) is 3. The number of thioether (sulfide) groups is 1. The van der Waals surface area contributed by atoms with Gasteiger partial charge in [-0.15, -0.1) is 0 Å². The van der Waals surface area contributed by atoms with Crippen molar-refractivity contribution < 1.29 is 14.7 Å². The smallest absolute Gasteiger partial charge is 0.329 e. The molecule has 0 spiro atoms. The third kappa shape index (κ3) is 3.42. The van der Waals surface area contributed by atoms with Crippen LogP contribution in [-0.2, 0) is 9.59 Å². The Morgan fingerprint density at radius 1 is 1.37 bits per heavy atom. The number of carboxylic acid groups (broad SMARTS) is 1. The average Bonchev–Trinajstić information content (AvgIpc) is 2.42. The molecular weight excluding hydrogens is 264 g/mol. The minimum atomic E-state index is -1.05. The largest absolute Gasteiger partial charge is 0.480 e. The van der Waals surface area contributed by atoms with Crippen LogP contribution >= 0.6 is 11.8 Å². The molecule has 19 heavy (non-hydrogen) atoms. The summed E-state index contributed by atoms with van der Waals surface area (Å²) in [5.74, 6) is 1.22. The van der Waals surface area contributed by atoms with Crippen molar-refractivity contribution in [3.05, 3.63) is 0 Å². The minimum Gasteiger partial charge on any atom is -0.480 e. The van der Waals surface area contributed by atoms with Crippen LogP contribution in [0.15, 0.2) is 0 Å². The molecule has 5 nitrogen and oxygen atoms in total. The van der Waals surface area contributed by atoms with Crippen molar-refractivity contribution in [2.75, 3.05) is 18.1 Å². The van der Waals surface area contributed by atoms with Gasteiger partial charge in [0.25, 0.3) is 0 Å². The summed E-state index contributed by atoms with van der Waals surface area (Å²) in [5.41, 5.74) is -1.05. The highest BCUT2D eigenvalue weighted by Gasteiger charge is 2.43. The van der Waals surface area contributed by atoms with Crippen molar-refractivity contribution in [3.63, 3.8) is 0 Å². The first-order valence-corrected chi connectivity index (χ1v) is 8.05. The van der Waals surface area contributed by atoms with Crippen LogP contribution in [0.4, 0.5) is 0 Å². The first-order valence-electron chi connectivity index (χ1n) is 6.90. The van der Waals surface area contributed by atoms with Crippen LogP contribution in [-0.4, -0.2) is 46.6 Å². The lowest BCUT2D eigenvalue weighted by molar-refractivity contribution is -0.150. The summed E-state index contributed by atoms with van der Waals surface area (Å²) in [7, 11) is 0. The van der Waals surface area contributed by atoms with Crippen molar-refractivity contribution in [1.82, 2.24) is 10.6 Å². The Morgan fingerprint density at radius 3 is 2.58 bits per heavy atom. The molecule has 1 aliphatic heterocycles. The summed E-state index contributed by atoms with van der Waals surface area (Å²) in [6.07, 6.45) is 2.79. The second-order valence-corrected chi connectivity index (χ2v) is 6.79. The molecule has 6 heteroatoms. The molecule has 3 N–H and O–H groups in total. The molecule has 0 aromatic heterocycles. The lowest BCUT2D eigenvalue weighted by Gasteiger charge is -2.37. The summed E-state index contributed by atoms with van der Waals surface area (Å²) >= 11 is 1.73. The van der Waals surface area contributed by atoms with Crippen molar-refractivity contribution in [3.8, 4) is 0 Å². The molecule has 1 amide bonds. The zero-order valence-electron chi connectivity index (χ0n) is 11.3. The maximum absolute atomic E-state index is 12.2. The van der Waals surface area contributed by atoms with Gasteiger partial charge in [-0.3, -0.25) is 4.79 Å². The summed E-state index contributed by atoms with van der Waals surface area (Å²) in [6.45, 7) is 2.94. The van der Waals surface area contributed by atoms with Crippen molar-refractivity contribution in [1.29, 1.82) is 0 Å². The molecule has 1 unspecified atom stereocenters. The van der Waals surface area contributed by atoms with Gasteiger partial charge < -0.3 is 15.7 Å². The number of rotatable bonds is 3. The van der Waals surface area contributed by atoms with Crippen LogP contribution in [0.3, 0.4) is 0 Å². The van der Waals surface area contributed by atoms with E-state index in [2.05, 4.69) is 17.6 Å². The number of hydrogen-bond acceptors (Lipinski definition) is 4. The van der Waals surface area contributed by atoms with Crippen LogP contribution in [0.5, 0.6) is 0 Å². The standard InChI is InChI=1S/C13H22N2O3S/c1-9-2-4-13(5-3-9,12(17)18)15-11(16)10-8-19-7-6-14-10/h9-10,14H,2-8H2,1H3,(H,15,16)(H,17,18). The molecule has 0 bridgehead atoms. The molecule has 0 radical (unpaired) electrons. The minimum absolute atomic E-state index is 0.163. The quantitative estimate of drug-likeness (QED) is 0.716. The van der Waals surface area contributed by atoms with E-state index in [0.29, 0.717) is 18.8 Å². The fourth-order valence-electron chi connectivity index (χ4n) is 2.70. The van der Waals surface area contributed by atoms with Gasteiger partial charge in [0.15, 0.2) is 0 Å². The molecule has 1 aliphatic carbocycles. The number of carboxylic acids is 1. The lowest BCUT2D eigenvalue weighted by Crippen LogP contribution is -2.61. The van der Waals surface area contributed by atoms with Crippen molar-refractivity contribution in [2.45, 2.75) is 44.2 Å². The van der Waals surface area contributed by atoms with E-state index in [9.17, 15) is 14.7 Å². The van der Waals surface area contributed by atoms with Crippen molar-refractivity contribution >= 4 is 23.6 Å². The monoisotopic (exact) mass is 286 g/mol. The van der Waals surface area contributed by atoms with Crippen LogP contribution in [0, 0.1) is 5.92 Å². The number of nitrogens with one attached hydrogen (secondary N) is 2. The van der Waals surface area contributed by atoms with Gasteiger partial charge in [0.05, 0.1) is 6.04 Å². The predicted octanol–water partition coefficient (Wildman–Crippen LogP) is 0.841. The van der Waals surface area contributed by atoms with Gasteiger partial charge in [-0.05, 0) is 31.6 Å². The summed E-state index contributed by atoms with van der Waals surface area (Å²) in [4.78, 5) is 23.8. The summed E-state index contributed by atoms with van der Waals surface area (Å²) < 4.78 is 0. The highest BCUT2D eigenvalue weighted by atomic mass is 32.2. The second-order valence-electron chi connectivity index (χ2n) is 5.64. The molecule has 1 saturated carbocycles. The van der Waals surface area contributed by atoms with Crippen LogP contribution in [0.2, 0.25) is 0 Å². The van der Waals surface area contributed by atoms with Crippen LogP contribution in [0.1, 0.15) is 32.6 Å². The molecule has 2 aliphatic rings. The topological polar surface area (TPSA) is 78.4 Å². The first kappa shape index (κ1) is 14.7. The van der Waals surface area contributed by atoms with Gasteiger partial charge in [0, 0.05) is 18.1 Å². The molecule has 1 saturated heterocycles. The molecule has 1 heterocycles. The average molecular weight is 286 g/mol. The zero-order valence-corrected chi connectivity index (χ0v) is 12.1. The predicted molar refractivity (Wildman–Crippen MR) is 75.3 cm³/mol. The first-order chi connectivity index (χ1) is 9.03. The van der Waals surface area contributed by atoms with Gasteiger partial charge in [0.2, 0.25) is 5.91 Å². The molecule has 1 atom stereocenters. The van der Waals surface area contributed by atoms with E-state index in [4.69, 9.17) is 0 Å². The van der Waals surface area contributed by atoms with Gasteiger partial charge >= 0.3 is 5.97 Å². The SMILES string of the molecule is CC1CCC(NC(=O)C2CSCCN2)(C(=O)O)CC1. The van der Waals surface area contributed by atoms with Crippen LogP contribution < -0.4 is 10.6 Å². The molecule has 0 aromatic carbocycles. The maximum atomic E-state index is 12.2. The van der Waals surface area contributed by atoms with Gasteiger partial charge in [-0.1, -0.05) is 6.92 Å². The van der Waals surface area contributed by atoms with E-state index in [0.717, 1.165) is 30.9 Å². The normalized spacial score (nSPS) is 35.6. The fourth-order valence-corrected chi connectivity index (χ4v) is 3.64. The van der Waals surface area contributed by atoms with Crippen molar-refractivity contribution in [2.24, 2.45) is 5.92 Å². The lowest BCUT2D eigenvalue weighted by atomic mass is 9.77. The number of carbonyl (C=O) groups excluding carboxylic acids is 1. The number of aliphatic carboxylic acids is 1. The van der Waals surface area contributed by atoms with Gasteiger partial charge in [-0.2, -0.15) is 11.8 Å². The third-order valence-corrected chi connectivity index (χ3v) is 5.20. The van der Waals surface area contributed by atoms with E-state index < -0.39 is 11.5 Å². The highest BCUT2D eigenvalue weighted by molar-refractivity contribution is 7.99. The Labute approximate surface area is 117 Å². The van der Waals surface area contributed by atoms with Gasteiger partial charge in [0.1, 0.15) is 5.54 Å². The second kappa shape index (κ2) is 6.13. The Morgan fingerprint density at radius 2 is 2.05 bits per heavy atom. The molecule has 0 aromatic rings. The Balaban J connectivity index is 2.00. The van der Waals surface area contributed by atoms with E-state index in [-0.39, 0.29) is 11.9 Å². The maximum Gasteiger partial charge on any atom is 0.329 e. The van der Waals surface area contributed by atoms with Crippen LogP contribution in [0.25, 0.3) is 0 Å². The highest BCUT2D eigenvalue weighted by Crippen LogP contribution is 2.32. The summed E-state index contributed by atoms with van der Waals surface area (Å²) in [5, 5.41) is 15.4. The molecular formula is C13H22N2O3S. The summed E-state index contributed by atoms with van der Waals surface area (Å²) in [6, 6.07) is -0.255. The van der Waals surface area contributed by atoms with E-state index in [1.54, 1.807) is 11.8 Å². The fraction of sp³-hybridized carbons (Fsp3) is 0.846. The molecule has 2 rings (SSSR count). The van der Waals surface area contributed by atoms with E-state index in [1.807, 2.05) is 0 Å². The number of carbonyl (C=O) groups is 2. The number of amides is 1. The van der Waals surface area contributed by atoms with Gasteiger partial charge in [-0.25, -0.2) is 4.79 Å². The van der Waals surface area contributed by atoms with E-state index in [1.165, 1.54) is 0 Å². The van der Waals surface area contributed by atoms with E-state index >= 15 is 0 Å². The Hall–Kier alpha value is -0.750. The third-order valence-electron chi connectivity index (χ3n) is 4.14. The Bertz CT molecular complexity index is 348.